The van der Waals surface area contributed by atoms with Crippen molar-refractivity contribution in [2.24, 2.45) is 0 Å². The predicted octanol–water partition coefficient (Wildman–Crippen LogP) is 5.91. The summed E-state index contributed by atoms with van der Waals surface area (Å²) in [6, 6.07) is 11.7. The van der Waals surface area contributed by atoms with Gasteiger partial charge in [0.2, 0.25) is 5.91 Å². The highest BCUT2D eigenvalue weighted by atomic mass is 35.5. The van der Waals surface area contributed by atoms with Crippen molar-refractivity contribution in [2.45, 2.75) is 34.1 Å². The minimum atomic E-state index is 0. The molecule has 0 N–H and O–H groups in total. The van der Waals surface area contributed by atoms with Crippen LogP contribution in [0.2, 0.25) is 5.02 Å². The fraction of sp³-hybridized carbons (Fsp3) is 0.391. The molecule has 0 saturated carbocycles. The fourth-order valence-electron chi connectivity index (χ4n) is 3.34. The van der Waals surface area contributed by atoms with E-state index in [0.29, 0.717) is 11.6 Å². The lowest BCUT2D eigenvalue weighted by molar-refractivity contribution is -0.118. The molecule has 1 aromatic heterocycles. The van der Waals surface area contributed by atoms with Gasteiger partial charge < -0.3 is 4.90 Å². The Kier molecular flexibility index (Phi) is 9.10. The first-order valence-corrected chi connectivity index (χ1v) is 11.3. The molecular weight excluding hydrogens is 437 g/mol. The minimum absolute atomic E-state index is 0. The second kappa shape index (κ2) is 11.1. The second-order valence-electron chi connectivity index (χ2n) is 7.19. The van der Waals surface area contributed by atoms with Crippen LogP contribution in [0.4, 0.5) is 5.13 Å². The molecule has 3 rings (SSSR count). The monoisotopic (exact) mass is 465 g/mol. The van der Waals surface area contributed by atoms with Gasteiger partial charge >= 0.3 is 0 Å². The molecule has 0 atom stereocenters. The normalized spacial score (nSPS) is 11.0. The average Bonchev–Trinajstić information content (AvgIpc) is 3.14. The first-order chi connectivity index (χ1) is 13.9. The molecule has 7 heteroatoms. The van der Waals surface area contributed by atoms with E-state index < -0.39 is 0 Å². The molecule has 0 saturated heterocycles. The summed E-state index contributed by atoms with van der Waals surface area (Å²) in [6.45, 7) is 11.8. The van der Waals surface area contributed by atoms with Gasteiger partial charge in [0.15, 0.2) is 5.13 Å². The zero-order valence-electron chi connectivity index (χ0n) is 17.9. The molecular formula is C23H29Cl2N3OS. The molecule has 0 fully saturated rings. The summed E-state index contributed by atoms with van der Waals surface area (Å²) in [5, 5.41) is 1.39. The van der Waals surface area contributed by atoms with Gasteiger partial charge in [0.25, 0.3) is 0 Å². The van der Waals surface area contributed by atoms with Crippen molar-refractivity contribution in [3.8, 4) is 0 Å². The van der Waals surface area contributed by atoms with Crippen LogP contribution >= 0.6 is 35.3 Å². The van der Waals surface area contributed by atoms with Gasteiger partial charge in [-0.2, -0.15) is 0 Å². The lowest BCUT2D eigenvalue weighted by Gasteiger charge is -2.25. The number of hydrogen-bond acceptors (Lipinski definition) is 4. The van der Waals surface area contributed by atoms with Crippen molar-refractivity contribution in [3.05, 3.63) is 58.1 Å². The lowest BCUT2D eigenvalue weighted by atomic mass is 10.1. The summed E-state index contributed by atoms with van der Waals surface area (Å²) in [5.74, 6) is 0.0266. The van der Waals surface area contributed by atoms with Crippen LogP contribution in [0.1, 0.15) is 30.5 Å². The highest BCUT2D eigenvalue weighted by Gasteiger charge is 2.22. The Bertz CT molecular complexity index is 1000. The number of hydrogen-bond donors (Lipinski definition) is 0. The number of benzene rings is 2. The van der Waals surface area contributed by atoms with Crippen LogP contribution in [0.5, 0.6) is 0 Å². The number of thiazole rings is 1. The fourth-order valence-corrected chi connectivity index (χ4v) is 4.61. The third-order valence-electron chi connectivity index (χ3n) is 5.44. The van der Waals surface area contributed by atoms with Crippen molar-refractivity contribution in [1.29, 1.82) is 0 Å². The minimum Gasteiger partial charge on any atom is -0.302 e. The van der Waals surface area contributed by atoms with Crippen LogP contribution in [0.25, 0.3) is 10.2 Å². The van der Waals surface area contributed by atoms with E-state index in [4.69, 9.17) is 16.6 Å². The van der Waals surface area contributed by atoms with Gasteiger partial charge in [0.05, 0.1) is 16.6 Å². The average molecular weight is 466 g/mol. The number of carbonyl (C=O) groups excluding carboxylic acids is 1. The summed E-state index contributed by atoms with van der Waals surface area (Å²) >= 11 is 7.88. The van der Waals surface area contributed by atoms with Crippen molar-refractivity contribution in [2.75, 3.05) is 31.1 Å². The number of carbonyl (C=O) groups is 1. The number of rotatable bonds is 8. The Morgan fingerprint density at radius 1 is 1.07 bits per heavy atom. The first-order valence-electron chi connectivity index (χ1n) is 10.1. The summed E-state index contributed by atoms with van der Waals surface area (Å²) in [4.78, 5) is 22.3. The maximum absolute atomic E-state index is 13.3. The van der Waals surface area contributed by atoms with Gasteiger partial charge in [-0.25, -0.2) is 4.98 Å². The molecule has 30 heavy (non-hydrogen) atoms. The van der Waals surface area contributed by atoms with Crippen molar-refractivity contribution < 1.29 is 4.79 Å². The summed E-state index contributed by atoms with van der Waals surface area (Å²) in [7, 11) is 0. The van der Waals surface area contributed by atoms with Crippen LogP contribution < -0.4 is 4.90 Å². The number of halogens is 2. The standard InChI is InChI=1S/C23H28ClN3OS.ClH/c1-5-26(6-2)13-14-27(21(28)15-18-9-7-8-10-19(18)24)23-25-22-17(4)16(3)11-12-20(22)29-23;/h7-12H,5-6,13-15H2,1-4H3;1H. The van der Waals surface area contributed by atoms with E-state index >= 15 is 0 Å². The predicted molar refractivity (Wildman–Crippen MR) is 132 cm³/mol. The summed E-state index contributed by atoms with van der Waals surface area (Å²) < 4.78 is 1.11. The van der Waals surface area contributed by atoms with Gasteiger partial charge in [-0.1, -0.05) is 61.1 Å². The molecule has 0 radical (unpaired) electrons. The van der Waals surface area contributed by atoms with E-state index in [1.165, 1.54) is 11.1 Å². The number of aromatic nitrogens is 1. The molecule has 0 aliphatic carbocycles. The van der Waals surface area contributed by atoms with E-state index in [0.717, 1.165) is 40.5 Å². The van der Waals surface area contributed by atoms with E-state index in [1.807, 2.05) is 29.2 Å². The number of likely N-dealkylation sites (N-methyl/N-ethyl adjacent to an activating group) is 1. The molecule has 0 aliphatic rings. The second-order valence-corrected chi connectivity index (χ2v) is 8.61. The van der Waals surface area contributed by atoms with Crippen molar-refractivity contribution >= 4 is 56.6 Å². The Labute approximate surface area is 194 Å². The number of fused-ring (bicyclic) bond motifs is 1. The van der Waals surface area contributed by atoms with Gasteiger partial charge in [-0.15, -0.1) is 12.4 Å². The smallest absolute Gasteiger partial charge is 0.233 e. The van der Waals surface area contributed by atoms with Gasteiger partial charge in [0.1, 0.15) is 0 Å². The Morgan fingerprint density at radius 2 is 1.77 bits per heavy atom. The van der Waals surface area contributed by atoms with Crippen LogP contribution in [0.3, 0.4) is 0 Å². The van der Waals surface area contributed by atoms with Gasteiger partial charge in [-0.05, 0) is 55.8 Å². The van der Waals surface area contributed by atoms with E-state index in [1.54, 1.807) is 11.3 Å². The maximum atomic E-state index is 13.3. The van der Waals surface area contributed by atoms with Crippen LogP contribution in [-0.2, 0) is 11.2 Å². The SMILES string of the molecule is CCN(CC)CCN(C(=O)Cc1ccccc1Cl)c1nc2c(C)c(C)ccc2s1.Cl. The number of aryl methyl sites for hydroxylation is 2. The van der Waals surface area contributed by atoms with Crippen LogP contribution in [-0.4, -0.2) is 42.0 Å². The molecule has 0 bridgehead atoms. The lowest BCUT2D eigenvalue weighted by Crippen LogP contribution is -2.39. The highest BCUT2D eigenvalue weighted by molar-refractivity contribution is 7.22. The molecule has 2 aromatic carbocycles. The molecule has 162 valence electrons. The largest absolute Gasteiger partial charge is 0.302 e. The Morgan fingerprint density at radius 3 is 2.43 bits per heavy atom. The molecule has 0 spiro atoms. The summed E-state index contributed by atoms with van der Waals surface area (Å²) in [6.07, 6.45) is 0.270. The van der Waals surface area contributed by atoms with E-state index in [9.17, 15) is 4.79 Å². The maximum Gasteiger partial charge on any atom is 0.233 e. The van der Waals surface area contributed by atoms with E-state index in [2.05, 4.69) is 44.7 Å². The molecule has 1 heterocycles. The van der Waals surface area contributed by atoms with E-state index in [-0.39, 0.29) is 24.7 Å². The van der Waals surface area contributed by atoms with Crippen LogP contribution in [0.15, 0.2) is 36.4 Å². The number of nitrogens with zero attached hydrogens (tertiary/aromatic N) is 3. The zero-order chi connectivity index (χ0) is 21.0. The Balaban J connectivity index is 0.00000320. The topological polar surface area (TPSA) is 36.4 Å². The molecule has 1 amide bonds. The van der Waals surface area contributed by atoms with Crippen molar-refractivity contribution in [1.82, 2.24) is 9.88 Å². The quantitative estimate of drug-likeness (QED) is 0.414. The summed E-state index contributed by atoms with van der Waals surface area (Å²) in [5.41, 5.74) is 4.22. The first kappa shape index (κ1) is 24.6. The third kappa shape index (κ3) is 5.52. The number of amides is 1. The molecule has 0 aliphatic heterocycles. The van der Waals surface area contributed by atoms with Crippen LogP contribution in [0, 0.1) is 13.8 Å². The highest BCUT2D eigenvalue weighted by Crippen LogP contribution is 2.32. The zero-order valence-corrected chi connectivity index (χ0v) is 20.3. The third-order valence-corrected chi connectivity index (χ3v) is 6.85. The molecule has 3 aromatic rings. The van der Waals surface area contributed by atoms with Crippen molar-refractivity contribution in [3.63, 3.8) is 0 Å². The number of anilines is 1. The van der Waals surface area contributed by atoms with Gasteiger partial charge in [-0.3, -0.25) is 9.69 Å². The molecule has 4 nitrogen and oxygen atoms in total. The Hall–Kier alpha value is -1.66. The molecule has 0 unspecified atom stereocenters. The van der Waals surface area contributed by atoms with Gasteiger partial charge in [0, 0.05) is 18.1 Å².